The fraction of sp³-hybridized carbons (Fsp3) is 0.429. The fourth-order valence-electron chi connectivity index (χ4n) is 3.42. The average Bonchev–Trinajstić information content (AvgIpc) is 2.74. The quantitative estimate of drug-likeness (QED) is 0.748. The van der Waals surface area contributed by atoms with Gasteiger partial charge in [0.05, 0.1) is 12.2 Å². The molecular weight excluding hydrogens is 390 g/mol. The van der Waals surface area contributed by atoms with Gasteiger partial charge in [-0.25, -0.2) is 13.1 Å². The number of nitrogens with zero attached hydrogens (tertiary/aromatic N) is 2. The molecule has 7 nitrogen and oxygen atoms in total. The monoisotopic (exact) mass is 417 g/mol. The number of piperidine rings is 1. The third-order valence-corrected chi connectivity index (χ3v) is 6.51. The third-order valence-electron chi connectivity index (χ3n) is 5.06. The summed E-state index contributed by atoms with van der Waals surface area (Å²) in [5.41, 5.74) is 1.44. The minimum atomic E-state index is -3.67. The topological polar surface area (TPSA) is 88.6 Å². The van der Waals surface area contributed by atoms with Crippen LogP contribution in [0.4, 0.5) is 0 Å². The first-order valence-electron chi connectivity index (χ1n) is 9.83. The van der Waals surface area contributed by atoms with E-state index in [1.165, 1.54) is 0 Å². The van der Waals surface area contributed by atoms with Gasteiger partial charge in [-0.2, -0.15) is 0 Å². The molecule has 3 rings (SSSR count). The van der Waals surface area contributed by atoms with Gasteiger partial charge in [0, 0.05) is 32.0 Å². The molecule has 1 aliphatic rings. The normalized spacial score (nSPS) is 15.3. The molecule has 0 bridgehead atoms. The van der Waals surface area contributed by atoms with Crippen molar-refractivity contribution in [2.45, 2.75) is 31.6 Å². The van der Waals surface area contributed by atoms with Crippen molar-refractivity contribution in [1.29, 1.82) is 0 Å². The van der Waals surface area contributed by atoms with Crippen LogP contribution in [0.5, 0.6) is 5.75 Å². The van der Waals surface area contributed by atoms with Crippen LogP contribution in [0.25, 0.3) is 0 Å². The van der Waals surface area contributed by atoms with Gasteiger partial charge in [0.2, 0.25) is 10.0 Å². The summed E-state index contributed by atoms with van der Waals surface area (Å²) in [6, 6.07) is 8.65. The van der Waals surface area contributed by atoms with E-state index in [2.05, 4.69) is 9.71 Å². The molecule has 1 aromatic carbocycles. The number of hydrogen-bond acceptors (Lipinski definition) is 5. The Bertz CT molecular complexity index is 940. The van der Waals surface area contributed by atoms with Crippen LogP contribution >= 0.6 is 0 Å². The standard InChI is InChI=1S/C21H27N3O4S/c1-3-28-19-7-6-16(2)13-20(19)29(26,27)23-14-17-8-11-24(12-9-17)21(25)18-5-4-10-22-15-18/h4-7,10,13,15,17,23H,3,8-9,11-12,14H2,1-2H3. The van der Waals surface area contributed by atoms with Crippen molar-refractivity contribution in [3.8, 4) is 5.75 Å². The zero-order valence-electron chi connectivity index (χ0n) is 16.8. The Morgan fingerprint density at radius 1 is 1.28 bits per heavy atom. The molecule has 0 unspecified atom stereocenters. The average molecular weight is 418 g/mol. The van der Waals surface area contributed by atoms with Crippen molar-refractivity contribution in [2.75, 3.05) is 26.2 Å². The number of carbonyl (C=O) groups excluding carboxylic acids is 1. The maximum Gasteiger partial charge on any atom is 0.255 e. The maximum atomic E-state index is 12.8. The van der Waals surface area contributed by atoms with Crippen LogP contribution in [-0.2, 0) is 10.0 Å². The number of benzene rings is 1. The lowest BCUT2D eigenvalue weighted by molar-refractivity contribution is 0.0691. The second-order valence-electron chi connectivity index (χ2n) is 7.21. The Hall–Kier alpha value is -2.45. The number of rotatable bonds is 7. The number of aryl methyl sites for hydroxylation is 1. The number of carbonyl (C=O) groups is 1. The molecule has 0 atom stereocenters. The summed E-state index contributed by atoms with van der Waals surface area (Å²) in [7, 11) is -3.67. The third kappa shape index (κ3) is 5.33. The molecule has 156 valence electrons. The number of sulfonamides is 1. The van der Waals surface area contributed by atoms with Gasteiger partial charge in [-0.05, 0) is 62.4 Å². The van der Waals surface area contributed by atoms with Gasteiger partial charge in [-0.1, -0.05) is 6.07 Å². The van der Waals surface area contributed by atoms with E-state index < -0.39 is 10.0 Å². The van der Waals surface area contributed by atoms with E-state index in [1.54, 1.807) is 41.6 Å². The first kappa shape index (κ1) is 21.3. The lowest BCUT2D eigenvalue weighted by atomic mass is 9.97. The fourth-order valence-corrected chi connectivity index (χ4v) is 4.76. The lowest BCUT2D eigenvalue weighted by Crippen LogP contribution is -2.41. The number of pyridine rings is 1. The molecule has 2 aromatic rings. The van der Waals surface area contributed by atoms with Crippen molar-refractivity contribution in [3.63, 3.8) is 0 Å². The molecule has 1 amide bonds. The van der Waals surface area contributed by atoms with Gasteiger partial charge in [0.25, 0.3) is 5.91 Å². The maximum absolute atomic E-state index is 12.8. The first-order chi connectivity index (χ1) is 13.9. The Labute approximate surface area is 172 Å². The van der Waals surface area contributed by atoms with E-state index in [9.17, 15) is 13.2 Å². The van der Waals surface area contributed by atoms with Gasteiger partial charge < -0.3 is 9.64 Å². The van der Waals surface area contributed by atoms with E-state index in [4.69, 9.17) is 4.74 Å². The Balaban J connectivity index is 1.57. The SMILES string of the molecule is CCOc1ccc(C)cc1S(=O)(=O)NCC1CCN(C(=O)c2cccnc2)CC1. The summed E-state index contributed by atoms with van der Waals surface area (Å²) < 4.78 is 33.8. The molecule has 8 heteroatoms. The first-order valence-corrected chi connectivity index (χ1v) is 11.3. The number of likely N-dealkylation sites (tertiary alicyclic amines) is 1. The van der Waals surface area contributed by atoms with E-state index >= 15 is 0 Å². The highest BCUT2D eigenvalue weighted by molar-refractivity contribution is 7.89. The molecule has 0 saturated carbocycles. The summed E-state index contributed by atoms with van der Waals surface area (Å²) in [4.78, 5) is 18.5. The Morgan fingerprint density at radius 2 is 2.03 bits per heavy atom. The lowest BCUT2D eigenvalue weighted by Gasteiger charge is -2.32. The smallest absolute Gasteiger partial charge is 0.255 e. The Kier molecular flexibility index (Phi) is 6.87. The molecule has 29 heavy (non-hydrogen) atoms. The number of aromatic nitrogens is 1. The molecule has 1 N–H and O–H groups in total. The van der Waals surface area contributed by atoms with Crippen LogP contribution in [0.1, 0.15) is 35.7 Å². The van der Waals surface area contributed by atoms with Crippen LogP contribution in [-0.4, -0.2) is 50.5 Å². The summed E-state index contributed by atoms with van der Waals surface area (Å²) in [5.74, 6) is 0.517. The van der Waals surface area contributed by atoms with Gasteiger partial charge in [0.15, 0.2) is 0 Å². The predicted molar refractivity (Wildman–Crippen MR) is 110 cm³/mol. The minimum Gasteiger partial charge on any atom is -0.492 e. The van der Waals surface area contributed by atoms with Crippen LogP contribution < -0.4 is 9.46 Å². The molecule has 1 fully saturated rings. The van der Waals surface area contributed by atoms with Crippen LogP contribution in [0.15, 0.2) is 47.6 Å². The van der Waals surface area contributed by atoms with Gasteiger partial charge >= 0.3 is 0 Å². The summed E-state index contributed by atoms with van der Waals surface area (Å²) in [6.45, 7) is 5.63. The number of hydrogen-bond donors (Lipinski definition) is 1. The molecule has 1 aliphatic heterocycles. The molecule has 0 spiro atoms. The van der Waals surface area contributed by atoms with Crippen molar-refractivity contribution >= 4 is 15.9 Å². The van der Waals surface area contributed by atoms with E-state index in [1.807, 2.05) is 19.9 Å². The van der Waals surface area contributed by atoms with E-state index in [-0.39, 0.29) is 16.7 Å². The van der Waals surface area contributed by atoms with Crippen molar-refractivity contribution in [2.24, 2.45) is 5.92 Å². The second-order valence-corrected chi connectivity index (χ2v) is 8.95. The van der Waals surface area contributed by atoms with E-state index in [0.717, 1.165) is 18.4 Å². The van der Waals surface area contributed by atoms with Crippen molar-refractivity contribution < 1.29 is 17.9 Å². The molecule has 1 aromatic heterocycles. The molecule has 0 radical (unpaired) electrons. The summed E-state index contributed by atoms with van der Waals surface area (Å²) in [5, 5.41) is 0. The van der Waals surface area contributed by atoms with Crippen LogP contribution in [0.3, 0.4) is 0 Å². The van der Waals surface area contributed by atoms with Gasteiger partial charge in [-0.3, -0.25) is 9.78 Å². The van der Waals surface area contributed by atoms with Gasteiger partial charge in [-0.15, -0.1) is 0 Å². The largest absolute Gasteiger partial charge is 0.492 e. The minimum absolute atomic E-state index is 0.0294. The zero-order chi connectivity index (χ0) is 20.9. The van der Waals surface area contributed by atoms with Crippen molar-refractivity contribution in [3.05, 3.63) is 53.9 Å². The highest BCUT2D eigenvalue weighted by Crippen LogP contribution is 2.26. The molecule has 2 heterocycles. The molecule has 1 saturated heterocycles. The van der Waals surface area contributed by atoms with Crippen LogP contribution in [0.2, 0.25) is 0 Å². The summed E-state index contributed by atoms with van der Waals surface area (Å²) >= 11 is 0. The predicted octanol–water partition coefficient (Wildman–Crippen LogP) is 2.62. The summed E-state index contributed by atoms with van der Waals surface area (Å²) in [6.07, 6.45) is 4.71. The number of amides is 1. The molecule has 0 aliphatic carbocycles. The second kappa shape index (κ2) is 9.37. The molecular formula is C21H27N3O4S. The zero-order valence-corrected chi connectivity index (χ0v) is 17.6. The number of nitrogens with one attached hydrogen (secondary N) is 1. The Morgan fingerprint density at radius 3 is 2.69 bits per heavy atom. The highest BCUT2D eigenvalue weighted by Gasteiger charge is 2.26. The van der Waals surface area contributed by atoms with Crippen molar-refractivity contribution in [1.82, 2.24) is 14.6 Å². The number of ether oxygens (including phenoxy) is 1. The van der Waals surface area contributed by atoms with Crippen LogP contribution in [0, 0.1) is 12.8 Å². The highest BCUT2D eigenvalue weighted by atomic mass is 32.2. The van der Waals surface area contributed by atoms with E-state index in [0.29, 0.717) is 37.6 Å². The van der Waals surface area contributed by atoms with Gasteiger partial charge in [0.1, 0.15) is 10.6 Å².